The summed E-state index contributed by atoms with van der Waals surface area (Å²) in [6, 6.07) is 6.28. The molecule has 20 heavy (non-hydrogen) atoms. The molecule has 0 N–H and O–H groups in total. The van der Waals surface area contributed by atoms with Crippen molar-refractivity contribution in [1.29, 1.82) is 0 Å². The minimum atomic E-state index is -4.52. The number of hydrogen-bond acceptors (Lipinski definition) is 2. The number of Topliss-reactive ketones (excluding diaryl/α,β-unsaturated/α-hetero) is 1. The first-order chi connectivity index (χ1) is 9.21. The number of carbonyl (C=O) groups excluding carboxylic acids is 1. The van der Waals surface area contributed by atoms with Crippen molar-refractivity contribution >= 4 is 21.7 Å². The van der Waals surface area contributed by atoms with Crippen molar-refractivity contribution in [2.45, 2.75) is 13.1 Å². The van der Waals surface area contributed by atoms with Crippen LogP contribution in [-0.2, 0) is 13.2 Å². The number of imidazole rings is 1. The maximum atomic E-state index is 12.8. The Kier molecular flexibility index (Phi) is 3.73. The summed E-state index contributed by atoms with van der Waals surface area (Å²) < 4.78 is 39.5. The molecule has 1 aromatic carbocycles. The van der Waals surface area contributed by atoms with Gasteiger partial charge in [-0.1, -0.05) is 24.3 Å². The molecule has 0 aliphatic carbocycles. The molecule has 0 fully saturated rings. The summed E-state index contributed by atoms with van der Waals surface area (Å²) >= 11 is 2.90. The molecule has 3 nitrogen and oxygen atoms in total. The Hall–Kier alpha value is -1.63. The van der Waals surface area contributed by atoms with Crippen LogP contribution in [0.15, 0.2) is 28.9 Å². The van der Waals surface area contributed by atoms with Gasteiger partial charge in [-0.05, 0) is 22.9 Å². The van der Waals surface area contributed by atoms with Crippen LogP contribution in [0.25, 0.3) is 11.4 Å². The molecule has 0 aliphatic heterocycles. The van der Waals surface area contributed by atoms with Gasteiger partial charge in [0, 0.05) is 18.2 Å². The fourth-order valence-electron chi connectivity index (χ4n) is 1.77. The first-order valence-corrected chi connectivity index (χ1v) is 6.42. The summed E-state index contributed by atoms with van der Waals surface area (Å²) in [5.74, 6) is 0.0767. The minimum absolute atomic E-state index is 0.103. The molecule has 1 heterocycles. The summed E-state index contributed by atoms with van der Waals surface area (Å²) in [4.78, 5) is 14.8. The lowest BCUT2D eigenvalue weighted by Gasteiger charge is -2.03. The number of benzene rings is 1. The molecule has 0 aliphatic rings. The number of rotatable bonds is 2. The Bertz CT molecular complexity index is 659. The van der Waals surface area contributed by atoms with Gasteiger partial charge in [0.25, 0.3) is 0 Å². The Labute approximate surface area is 121 Å². The summed E-state index contributed by atoms with van der Waals surface area (Å²) in [7, 11) is 1.49. The third-order valence-corrected chi connectivity index (χ3v) is 3.75. The SMILES string of the molecule is CC(=O)c1ccc(-c2nc(C(F)(F)F)c(Br)n2C)cc1. The van der Waals surface area contributed by atoms with Crippen LogP contribution in [0, 0.1) is 0 Å². The van der Waals surface area contributed by atoms with Crippen molar-refractivity contribution in [3.05, 3.63) is 40.1 Å². The lowest BCUT2D eigenvalue weighted by atomic mass is 10.1. The van der Waals surface area contributed by atoms with Crippen molar-refractivity contribution in [3.8, 4) is 11.4 Å². The van der Waals surface area contributed by atoms with Crippen molar-refractivity contribution in [3.63, 3.8) is 0 Å². The number of nitrogens with zero attached hydrogens (tertiary/aromatic N) is 2. The zero-order chi connectivity index (χ0) is 15.1. The van der Waals surface area contributed by atoms with E-state index in [1.165, 1.54) is 18.5 Å². The summed E-state index contributed by atoms with van der Waals surface area (Å²) in [5, 5.41) is 0. The van der Waals surface area contributed by atoms with E-state index in [0.717, 1.165) is 0 Å². The van der Waals surface area contributed by atoms with Crippen LogP contribution in [0.4, 0.5) is 13.2 Å². The van der Waals surface area contributed by atoms with Crippen LogP contribution < -0.4 is 0 Å². The van der Waals surface area contributed by atoms with Gasteiger partial charge in [-0.2, -0.15) is 13.2 Å². The highest BCUT2D eigenvalue weighted by Crippen LogP contribution is 2.36. The van der Waals surface area contributed by atoms with Gasteiger partial charge < -0.3 is 4.57 Å². The molecule has 0 spiro atoms. The highest BCUT2D eigenvalue weighted by atomic mass is 79.9. The highest BCUT2D eigenvalue weighted by Gasteiger charge is 2.38. The van der Waals surface area contributed by atoms with Crippen LogP contribution in [0.2, 0.25) is 0 Å². The molecule has 2 rings (SSSR count). The highest BCUT2D eigenvalue weighted by molar-refractivity contribution is 9.10. The lowest BCUT2D eigenvalue weighted by Crippen LogP contribution is -2.06. The first-order valence-electron chi connectivity index (χ1n) is 5.62. The molecule has 2 aromatic rings. The maximum Gasteiger partial charge on any atom is 0.436 e. The van der Waals surface area contributed by atoms with E-state index in [0.29, 0.717) is 11.1 Å². The predicted octanol–water partition coefficient (Wildman–Crippen LogP) is 4.07. The van der Waals surface area contributed by atoms with Crippen molar-refractivity contribution in [2.75, 3.05) is 0 Å². The molecule has 0 unspecified atom stereocenters. The number of aromatic nitrogens is 2. The number of alkyl halides is 3. The van der Waals surface area contributed by atoms with Crippen LogP contribution in [-0.4, -0.2) is 15.3 Å². The summed E-state index contributed by atoms with van der Waals surface area (Å²) in [6.45, 7) is 1.42. The second-order valence-electron chi connectivity index (χ2n) is 4.27. The molecule has 1 aromatic heterocycles. The third kappa shape index (κ3) is 2.63. The van der Waals surface area contributed by atoms with Crippen molar-refractivity contribution in [1.82, 2.24) is 9.55 Å². The normalized spacial score (nSPS) is 11.7. The quantitative estimate of drug-likeness (QED) is 0.768. The molecule has 106 valence electrons. The Morgan fingerprint density at radius 1 is 1.25 bits per heavy atom. The first kappa shape index (κ1) is 14.8. The van der Waals surface area contributed by atoms with Gasteiger partial charge in [-0.3, -0.25) is 4.79 Å². The van der Waals surface area contributed by atoms with Gasteiger partial charge in [0.15, 0.2) is 11.5 Å². The van der Waals surface area contributed by atoms with Gasteiger partial charge in [0.2, 0.25) is 0 Å². The molecule has 0 amide bonds. The fourth-order valence-corrected chi connectivity index (χ4v) is 2.25. The molecule has 0 saturated carbocycles. The zero-order valence-corrected chi connectivity index (χ0v) is 12.2. The molecule has 0 radical (unpaired) electrons. The van der Waals surface area contributed by atoms with E-state index in [1.807, 2.05) is 0 Å². The topological polar surface area (TPSA) is 34.9 Å². The van der Waals surface area contributed by atoms with Crippen molar-refractivity contribution in [2.24, 2.45) is 7.05 Å². The number of halogens is 4. The smallest absolute Gasteiger partial charge is 0.321 e. The average Bonchev–Trinajstić information content (AvgIpc) is 2.66. The largest absolute Gasteiger partial charge is 0.436 e. The Morgan fingerprint density at radius 2 is 1.80 bits per heavy atom. The molecular weight excluding hydrogens is 337 g/mol. The second kappa shape index (κ2) is 5.05. The van der Waals surface area contributed by atoms with Crippen molar-refractivity contribution < 1.29 is 18.0 Å². The van der Waals surface area contributed by atoms with Crippen LogP contribution in [0.3, 0.4) is 0 Å². The van der Waals surface area contributed by atoms with E-state index in [-0.39, 0.29) is 16.2 Å². The van der Waals surface area contributed by atoms with Gasteiger partial charge in [-0.15, -0.1) is 0 Å². The van der Waals surface area contributed by atoms with Gasteiger partial charge >= 0.3 is 6.18 Å². The molecule has 0 atom stereocenters. The fraction of sp³-hybridized carbons (Fsp3) is 0.231. The number of hydrogen-bond donors (Lipinski definition) is 0. The van der Waals surface area contributed by atoms with E-state index < -0.39 is 11.9 Å². The maximum absolute atomic E-state index is 12.8. The second-order valence-corrected chi connectivity index (χ2v) is 5.02. The summed E-state index contributed by atoms with van der Waals surface area (Å²) in [6.07, 6.45) is -4.52. The van der Waals surface area contributed by atoms with E-state index >= 15 is 0 Å². The monoisotopic (exact) mass is 346 g/mol. The molecule has 7 heteroatoms. The molecular formula is C13H10BrF3N2O. The zero-order valence-electron chi connectivity index (χ0n) is 10.6. The third-order valence-electron chi connectivity index (χ3n) is 2.84. The van der Waals surface area contributed by atoms with E-state index in [9.17, 15) is 18.0 Å². The Morgan fingerprint density at radius 3 is 2.20 bits per heavy atom. The molecule has 0 saturated heterocycles. The lowest BCUT2D eigenvalue weighted by molar-refractivity contribution is -0.141. The summed E-state index contributed by atoms with van der Waals surface area (Å²) in [5.41, 5.74) is 0.0393. The van der Waals surface area contributed by atoms with E-state index in [2.05, 4.69) is 20.9 Å². The molecule has 0 bridgehead atoms. The van der Waals surface area contributed by atoms with E-state index in [4.69, 9.17) is 0 Å². The Balaban J connectivity index is 2.51. The van der Waals surface area contributed by atoms with Gasteiger partial charge in [0.05, 0.1) is 0 Å². The van der Waals surface area contributed by atoms with Crippen LogP contribution >= 0.6 is 15.9 Å². The van der Waals surface area contributed by atoms with E-state index in [1.54, 1.807) is 24.3 Å². The predicted molar refractivity (Wildman–Crippen MR) is 71.4 cm³/mol. The van der Waals surface area contributed by atoms with Crippen LogP contribution in [0.1, 0.15) is 23.0 Å². The van der Waals surface area contributed by atoms with Gasteiger partial charge in [-0.25, -0.2) is 4.98 Å². The number of carbonyl (C=O) groups is 1. The van der Waals surface area contributed by atoms with Gasteiger partial charge in [0.1, 0.15) is 10.4 Å². The standard InChI is InChI=1S/C13H10BrF3N2O/c1-7(20)8-3-5-9(6-4-8)12-18-10(13(15,16)17)11(14)19(12)2/h3-6H,1-2H3. The minimum Gasteiger partial charge on any atom is -0.321 e. The van der Waals surface area contributed by atoms with Crippen LogP contribution in [0.5, 0.6) is 0 Å². The average molecular weight is 347 g/mol. The number of ketones is 1.